The lowest BCUT2D eigenvalue weighted by atomic mass is 9.70. The molecular formula is C17H27NO2S. The van der Waals surface area contributed by atoms with Crippen molar-refractivity contribution in [2.75, 3.05) is 11.1 Å². The fourth-order valence-electron chi connectivity index (χ4n) is 3.62. The molecule has 3 nitrogen and oxygen atoms in total. The first-order valence-corrected chi connectivity index (χ1v) is 9.46. The Bertz CT molecular complexity index is 575. The summed E-state index contributed by atoms with van der Waals surface area (Å²) in [6.07, 6.45) is 3.61. The summed E-state index contributed by atoms with van der Waals surface area (Å²) < 4.78 is 23.6. The molecule has 1 aliphatic carbocycles. The highest BCUT2D eigenvalue weighted by Crippen LogP contribution is 2.39. The minimum absolute atomic E-state index is 0.147. The molecule has 1 fully saturated rings. The summed E-state index contributed by atoms with van der Waals surface area (Å²) in [5, 5.41) is 3.57. The van der Waals surface area contributed by atoms with Gasteiger partial charge in [0.1, 0.15) is 0 Å². The zero-order valence-electron chi connectivity index (χ0n) is 13.5. The van der Waals surface area contributed by atoms with Crippen LogP contribution in [0.1, 0.15) is 47.0 Å². The first-order valence-electron chi connectivity index (χ1n) is 7.81. The molecule has 0 spiro atoms. The molecule has 1 N–H and O–H groups in total. The van der Waals surface area contributed by atoms with Crippen molar-refractivity contribution >= 4 is 15.5 Å². The highest BCUT2D eigenvalue weighted by molar-refractivity contribution is 7.91. The number of benzene rings is 1. The Kier molecular flexibility index (Phi) is 4.66. The van der Waals surface area contributed by atoms with Crippen LogP contribution in [0.4, 0.5) is 5.69 Å². The van der Waals surface area contributed by atoms with Crippen LogP contribution in [-0.4, -0.2) is 20.2 Å². The van der Waals surface area contributed by atoms with Gasteiger partial charge < -0.3 is 5.32 Å². The van der Waals surface area contributed by atoms with Gasteiger partial charge in [-0.05, 0) is 54.9 Å². The van der Waals surface area contributed by atoms with Gasteiger partial charge >= 0.3 is 0 Å². The van der Waals surface area contributed by atoms with E-state index >= 15 is 0 Å². The van der Waals surface area contributed by atoms with Crippen molar-refractivity contribution in [1.29, 1.82) is 0 Å². The first kappa shape index (κ1) is 16.3. The maximum atomic E-state index is 11.8. The Morgan fingerprint density at radius 1 is 1.19 bits per heavy atom. The maximum absolute atomic E-state index is 11.8. The van der Waals surface area contributed by atoms with Gasteiger partial charge in [-0.3, -0.25) is 0 Å². The van der Waals surface area contributed by atoms with Crippen molar-refractivity contribution in [3.8, 4) is 0 Å². The zero-order chi connectivity index (χ0) is 15.7. The molecular weight excluding hydrogens is 282 g/mol. The van der Waals surface area contributed by atoms with E-state index in [1.807, 2.05) is 12.1 Å². The van der Waals surface area contributed by atoms with Crippen molar-refractivity contribution in [1.82, 2.24) is 0 Å². The lowest BCUT2D eigenvalue weighted by molar-refractivity contribution is 0.178. The third-order valence-corrected chi connectivity index (χ3v) is 6.10. The lowest BCUT2D eigenvalue weighted by Crippen LogP contribution is -2.35. The Hall–Kier alpha value is -1.03. The van der Waals surface area contributed by atoms with Crippen molar-refractivity contribution in [3.05, 3.63) is 24.3 Å². The van der Waals surface area contributed by atoms with Crippen LogP contribution in [0.2, 0.25) is 0 Å². The van der Waals surface area contributed by atoms with Gasteiger partial charge in [-0.15, -0.1) is 0 Å². The monoisotopic (exact) mass is 309 g/mol. The van der Waals surface area contributed by atoms with Crippen LogP contribution in [0.15, 0.2) is 29.2 Å². The molecule has 0 amide bonds. The number of hydrogen-bond acceptors (Lipinski definition) is 3. The van der Waals surface area contributed by atoms with Gasteiger partial charge in [-0.25, -0.2) is 8.42 Å². The number of hydrogen-bond donors (Lipinski definition) is 1. The smallest absolute Gasteiger partial charge is 0.178 e. The molecule has 2 rings (SSSR count). The van der Waals surface area contributed by atoms with E-state index in [4.69, 9.17) is 0 Å². The molecule has 0 aromatic heterocycles. The molecule has 118 valence electrons. The fraction of sp³-hybridized carbons (Fsp3) is 0.647. The molecule has 4 heteroatoms. The van der Waals surface area contributed by atoms with Gasteiger partial charge in [0.05, 0.1) is 10.6 Å². The quantitative estimate of drug-likeness (QED) is 0.910. The van der Waals surface area contributed by atoms with E-state index < -0.39 is 9.84 Å². The van der Waals surface area contributed by atoms with Crippen LogP contribution < -0.4 is 5.32 Å². The van der Waals surface area contributed by atoms with E-state index in [1.165, 1.54) is 12.8 Å². The largest absolute Gasteiger partial charge is 0.382 e. The van der Waals surface area contributed by atoms with Crippen molar-refractivity contribution in [3.63, 3.8) is 0 Å². The molecule has 0 bridgehead atoms. The van der Waals surface area contributed by atoms with Gasteiger partial charge in [0.25, 0.3) is 0 Å². The summed E-state index contributed by atoms with van der Waals surface area (Å²) in [6, 6.07) is 7.65. The lowest BCUT2D eigenvalue weighted by Gasteiger charge is -2.39. The minimum atomic E-state index is -3.10. The highest BCUT2D eigenvalue weighted by atomic mass is 32.2. The van der Waals surface area contributed by atoms with Crippen molar-refractivity contribution < 1.29 is 8.42 Å². The minimum Gasteiger partial charge on any atom is -0.382 e. The van der Waals surface area contributed by atoms with Crippen molar-refractivity contribution in [2.45, 2.75) is 57.9 Å². The molecule has 1 aliphatic rings. The summed E-state index contributed by atoms with van der Waals surface area (Å²) >= 11 is 0. The van der Waals surface area contributed by atoms with Crippen LogP contribution in [0.25, 0.3) is 0 Å². The van der Waals surface area contributed by atoms with Gasteiger partial charge in [0.2, 0.25) is 0 Å². The summed E-state index contributed by atoms with van der Waals surface area (Å²) in [7, 11) is -3.10. The van der Waals surface area contributed by atoms with E-state index in [0.717, 1.165) is 18.0 Å². The predicted molar refractivity (Wildman–Crippen MR) is 88.4 cm³/mol. The van der Waals surface area contributed by atoms with E-state index in [-0.39, 0.29) is 5.75 Å². The Morgan fingerprint density at radius 3 is 2.33 bits per heavy atom. The molecule has 0 aliphatic heterocycles. The van der Waals surface area contributed by atoms with E-state index in [2.05, 4.69) is 26.1 Å². The Labute approximate surface area is 129 Å². The molecule has 1 aromatic carbocycles. The third kappa shape index (κ3) is 4.22. The fourth-order valence-corrected chi connectivity index (χ4v) is 4.50. The van der Waals surface area contributed by atoms with Gasteiger partial charge in [0.15, 0.2) is 9.84 Å². The molecule has 0 saturated heterocycles. The summed E-state index contributed by atoms with van der Waals surface area (Å²) in [5.74, 6) is 0.875. The Balaban J connectivity index is 2.07. The topological polar surface area (TPSA) is 46.2 Å². The molecule has 0 radical (unpaired) electrons. The van der Waals surface area contributed by atoms with E-state index in [1.54, 1.807) is 19.1 Å². The average molecular weight is 309 g/mol. The second-order valence-electron chi connectivity index (χ2n) is 7.18. The first-order chi connectivity index (χ1) is 9.72. The van der Waals surface area contributed by atoms with Crippen LogP contribution >= 0.6 is 0 Å². The normalized spacial score (nSPS) is 25.5. The number of anilines is 1. The van der Waals surface area contributed by atoms with Crippen LogP contribution in [0.5, 0.6) is 0 Å². The maximum Gasteiger partial charge on any atom is 0.178 e. The molecule has 1 aromatic rings. The number of sulfone groups is 1. The molecule has 21 heavy (non-hydrogen) atoms. The third-order valence-electron chi connectivity index (χ3n) is 4.35. The molecule has 2 unspecified atom stereocenters. The highest BCUT2D eigenvalue weighted by Gasteiger charge is 2.31. The second kappa shape index (κ2) is 5.99. The molecule has 1 saturated carbocycles. The standard InChI is InChI=1S/C17H27NO2S/c1-5-21(19,20)16-8-6-14(7-9-16)18-15-10-13(2)11-17(3,4)12-15/h6-9,13,15,18H,5,10-12H2,1-4H3. The second-order valence-corrected chi connectivity index (χ2v) is 9.46. The predicted octanol–water partition coefficient (Wildman–Crippen LogP) is 4.11. The van der Waals surface area contributed by atoms with E-state index in [0.29, 0.717) is 16.4 Å². The molecule has 0 heterocycles. The summed E-state index contributed by atoms with van der Waals surface area (Å²) in [5.41, 5.74) is 1.39. The SMILES string of the molecule is CCS(=O)(=O)c1ccc(NC2CC(C)CC(C)(C)C2)cc1. The van der Waals surface area contributed by atoms with Gasteiger partial charge in [-0.1, -0.05) is 27.7 Å². The van der Waals surface area contributed by atoms with Crippen LogP contribution in [0, 0.1) is 11.3 Å². The summed E-state index contributed by atoms with van der Waals surface area (Å²) in [4.78, 5) is 0.410. The van der Waals surface area contributed by atoms with Crippen LogP contribution in [0.3, 0.4) is 0 Å². The number of nitrogens with one attached hydrogen (secondary N) is 1. The average Bonchev–Trinajstić information content (AvgIpc) is 2.37. The zero-order valence-corrected chi connectivity index (χ0v) is 14.3. The molecule has 2 atom stereocenters. The van der Waals surface area contributed by atoms with Crippen molar-refractivity contribution in [2.24, 2.45) is 11.3 Å². The Morgan fingerprint density at radius 2 is 1.81 bits per heavy atom. The van der Waals surface area contributed by atoms with E-state index in [9.17, 15) is 8.42 Å². The van der Waals surface area contributed by atoms with Gasteiger partial charge in [0, 0.05) is 11.7 Å². The number of rotatable bonds is 4. The summed E-state index contributed by atoms with van der Waals surface area (Å²) in [6.45, 7) is 8.64. The van der Waals surface area contributed by atoms with Gasteiger partial charge in [-0.2, -0.15) is 0 Å². The van der Waals surface area contributed by atoms with Crippen LogP contribution in [-0.2, 0) is 9.84 Å².